The second-order valence-electron chi connectivity index (χ2n) is 7.54. The minimum atomic E-state index is -0.392. The summed E-state index contributed by atoms with van der Waals surface area (Å²) in [6, 6.07) is 0. The van der Waals surface area contributed by atoms with Crippen LogP contribution in [0.4, 0.5) is 0 Å². The van der Waals surface area contributed by atoms with Crippen molar-refractivity contribution in [1.29, 1.82) is 0 Å². The molecular formula is C24H42O4. The fourth-order valence-electron chi connectivity index (χ4n) is 2.90. The lowest BCUT2D eigenvalue weighted by Crippen LogP contribution is -2.16. The molecule has 0 aliphatic heterocycles. The molecule has 0 aromatic rings. The number of ether oxygens (including phenoxy) is 2. The van der Waals surface area contributed by atoms with Crippen molar-refractivity contribution in [3.63, 3.8) is 0 Å². The summed E-state index contributed by atoms with van der Waals surface area (Å²) in [6.45, 7) is 6.39. The standard InChI is InChI=1S/C24H42O4/c1-4-6-8-9-10-11-12-13-14-15-17-21-27-23(25)19-20-24(26)28-22(3)18-16-7-5-2/h22H,4-14,16,18-21H2,1-3H3. The topological polar surface area (TPSA) is 52.6 Å². The Kier molecular flexibility index (Phi) is 19.2. The van der Waals surface area contributed by atoms with Gasteiger partial charge in [0.25, 0.3) is 0 Å². The predicted molar refractivity (Wildman–Crippen MR) is 115 cm³/mol. The summed E-state index contributed by atoms with van der Waals surface area (Å²) in [4.78, 5) is 23.3. The summed E-state index contributed by atoms with van der Waals surface area (Å²) in [7, 11) is 0. The summed E-state index contributed by atoms with van der Waals surface area (Å²) in [5.74, 6) is 5.20. The zero-order valence-corrected chi connectivity index (χ0v) is 18.5. The van der Waals surface area contributed by atoms with Gasteiger partial charge in [-0.15, -0.1) is 0 Å². The number of carbonyl (C=O) groups is 2. The van der Waals surface area contributed by atoms with E-state index in [9.17, 15) is 9.59 Å². The van der Waals surface area contributed by atoms with Crippen LogP contribution in [0.5, 0.6) is 0 Å². The molecule has 0 fully saturated rings. The van der Waals surface area contributed by atoms with E-state index < -0.39 is 5.97 Å². The maximum atomic E-state index is 11.7. The third-order valence-corrected chi connectivity index (χ3v) is 4.67. The largest absolute Gasteiger partial charge is 0.463 e. The maximum Gasteiger partial charge on any atom is 0.307 e. The molecule has 0 aliphatic carbocycles. The Morgan fingerprint density at radius 3 is 2.00 bits per heavy atom. The van der Waals surface area contributed by atoms with Crippen LogP contribution in [0.3, 0.4) is 0 Å². The van der Waals surface area contributed by atoms with Gasteiger partial charge in [0.05, 0.1) is 18.9 Å². The zero-order valence-electron chi connectivity index (χ0n) is 18.5. The number of esters is 2. The van der Waals surface area contributed by atoms with Gasteiger partial charge in [-0.25, -0.2) is 0 Å². The molecule has 0 aromatic heterocycles. The van der Waals surface area contributed by atoms with Crippen LogP contribution >= 0.6 is 0 Å². The lowest BCUT2D eigenvalue weighted by atomic mass is 10.1. The molecule has 4 nitrogen and oxygen atoms in total. The first-order valence-electron chi connectivity index (χ1n) is 11.4. The first-order valence-corrected chi connectivity index (χ1v) is 11.4. The van der Waals surface area contributed by atoms with Gasteiger partial charge in [0, 0.05) is 6.42 Å². The summed E-state index contributed by atoms with van der Waals surface area (Å²) in [5.41, 5.74) is 0. The monoisotopic (exact) mass is 394 g/mol. The van der Waals surface area contributed by atoms with Crippen LogP contribution in [-0.2, 0) is 19.1 Å². The van der Waals surface area contributed by atoms with Crippen molar-refractivity contribution in [2.24, 2.45) is 0 Å². The van der Waals surface area contributed by atoms with Gasteiger partial charge in [-0.05, 0) is 26.2 Å². The second kappa shape index (κ2) is 20.2. The van der Waals surface area contributed by atoms with E-state index in [-0.39, 0.29) is 31.5 Å². The number of hydrogen-bond donors (Lipinski definition) is 0. The molecule has 162 valence electrons. The van der Waals surface area contributed by atoms with E-state index in [0.29, 0.717) is 0 Å². The Bertz CT molecular complexity index is 447. The molecule has 0 saturated carbocycles. The minimum Gasteiger partial charge on any atom is -0.463 e. The third kappa shape index (κ3) is 19.3. The van der Waals surface area contributed by atoms with Gasteiger partial charge in [-0.2, -0.15) is 0 Å². The highest BCUT2D eigenvalue weighted by atomic mass is 16.5. The summed E-state index contributed by atoms with van der Waals surface area (Å²) >= 11 is 0. The number of hydrogen-bond acceptors (Lipinski definition) is 4. The van der Waals surface area contributed by atoms with Crippen LogP contribution in [0.25, 0.3) is 0 Å². The third-order valence-electron chi connectivity index (χ3n) is 4.67. The van der Waals surface area contributed by atoms with Crippen LogP contribution in [-0.4, -0.2) is 24.6 Å². The van der Waals surface area contributed by atoms with E-state index >= 15 is 0 Å². The highest BCUT2D eigenvalue weighted by Crippen LogP contribution is 2.09. The van der Waals surface area contributed by atoms with Crippen molar-refractivity contribution in [1.82, 2.24) is 0 Å². The Balaban J connectivity index is 3.54. The second-order valence-corrected chi connectivity index (χ2v) is 7.54. The molecule has 0 aromatic carbocycles. The van der Waals surface area contributed by atoms with E-state index in [0.717, 1.165) is 38.5 Å². The molecule has 1 atom stereocenters. The molecule has 0 heterocycles. The molecule has 1 unspecified atom stereocenters. The fraction of sp³-hybridized carbons (Fsp3) is 0.833. The first kappa shape index (κ1) is 26.5. The highest BCUT2D eigenvalue weighted by Gasteiger charge is 2.12. The summed E-state index contributed by atoms with van der Waals surface area (Å²) < 4.78 is 10.3. The fourth-order valence-corrected chi connectivity index (χ4v) is 2.90. The molecule has 0 N–H and O–H groups in total. The lowest BCUT2D eigenvalue weighted by Gasteiger charge is -2.12. The Morgan fingerprint density at radius 2 is 1.32 bits per heavy atom. The molecule has 0 radical (unpaired) electrons. The lowest BCUT2D eigenvalue weighted by molar-refractivity contribution is -0.152. The van der Waals surface area contributed by atoms with Crippen molar-refractivity contribution < 1.29 is 19.1 Å². The van der Waals surface area contributed by atoms with Gasteiger partial charge >= 0.3 is 11.9 Å². The van der Waals surface area contributed by atoms with Crippen molar-refractivity contribution in [3.05, 3.63) is 0 Å². The molecule has 0 bridgehead atoms. The zero-order chi connectivity index (χ0) is 20.9. The molecule has 0 spiro atoms. The SMILES string of the molecule is CCCCCCCCCCC#CCOC(=O)CCC(=O)OC(C)CCCCC. The molecule has 0 rings (SSSR count). The smallest absolute Gasteiger partial charge is 0.307 e. The van der Waals surface area contributed by atoms with Gasteiger partial charge in [0.15, 0.2) is 6.61 Å². The quantitative estimate of drug-likeness (QED) is 0.164. The summed E-state index contributed by atoms with van der Waals surface area (Å²) in [5, 5.41) is 0. The Labute approximate surface area is 173 Å². The number of carbonyl (C=O) groups excluding carboxylic acids is 2. The number of rotatable bonds is 17. The van der Waals surface area contributed by atoms with E-state index in [1.807, 2.05) is 6.92 Å². The first-order chi connectivity index (χ1) is 13.6. The average molecular weight is 395 g/mol. The van der Waals surface area contributed by atoms with Gasteiger partial charge in [-0.3, -0.25) is 9.59 Å². The molecule has 28 heavy (non-hydrogen) atoms. The van der Waals surface area contributed by atoms with Crippen molar-refractivity contribution in [3.8, 4) is 11.8 Å². The summed E-state index contributed by atoms with van der Waals surface area (Å²) in [6.07, 6.45) is 15.4. The molecule has 0 aliphatic rings. The van der Waals surface area contributed by atoms with E-state index in [1.165, 1.54) is 44.9 Å². The van der Waals surface area contributed by atoms with Crippen molar-refractivity contribution in [2.75, 3.05) is 6.61 Å². The van der Waals surface area contributed by atoms with E-state index in [1.54, 1.807) is 0 Å². The van der Waals surface area contributed by atoms with Gasteiger partial charge < -0.3 is 9.47 Å². The van der Waals surface area contributed by atoms with Gasteiger partial charge in [0.2, 0.25) is 0 Å². The van der Waals surface area contributed by atoms with Crippen LogP contribution < -0.4 is 0 Å². The van der Waals surface area contributed by atoms with Crippen LogP contribution in [0.15, 0.2) is 0 Å². The highest BCUT2D eigenvalue weighted by molar-refractivity contribution is 5.77. The molecule has 4 heteroatoms. The maximum absolute atomic E-state index is 11.7. The molecular weight excluding hydrogens is 352 g/mol. The Morgan fingerprint density at radius 1 is 0.750 bits per heavy atom. The van der Waals surface area contributed by atoms with E-state index in [4.69, 9.17) is 9.47 Å². The van der Waals surface area contributed by atoms with Crippen molar-refractivity contribution >= 4 is 11.9 Å². The van der Waals surface area contributed by atoms with Crippen molar-refractivity contribution in [2.45, 2.75) is 123 Å². The Hall–Kier alpha value is -1.50. The van der Waals surface area contributed by atoms with Crippen LogP contribution in [0, 0.1) is 11.8 Å². The average Bonchev–Trinajstić information content (AvgIpc) is 2.67. The predicted octanol–water partition coefficient (Wildman–Crippen LogP) is 6.36. The normalized spacial score (nSPS) is 11.4. The molecule has 0 saturated heterocycles. The minimum absolute atomic E-state index is 0.0558. The van der Waals surface area contributed by atoms with E-state index in [2.05, 4.69) is 25.7 Å². The van der Waals surface area contributed by atoms with Gasteiger partial charge in [0.1, 0.15) is 0 Å². The van der Waals surface area contributed by atoms with Crippen LogP contribution in [0.2, 0.25) is 0 Å². The number of unbranched alkanes of at least 4 members (excludes halogenated alkanes) is 10. The van der Waals surface area contributed by atoms with Crippen LogP contribution in [0.1, 0.15) is 117 Å². The van der Waals surface area contributed by atoms with Gasteiger partial charge in [-0.1, -0.05) is 83.5 Å². The molecule has 0 amide bonds.